The van der Waals surface area contributed by atoms with E-state index in [9.17, 15) is 19.0 Å². The molecule has 1 aromatic carbocycles. The lowest BCUT2D eigenvalue weighted by molar-refractivity contribution is 0.00695. The van der Waals surface area contributed by atoms with Gasteiger partial charge in [0.25, 0.3) is 0 Å². The molecule has 4 nitrogen and oxygen atoms in total. The van der Waals surface area contributed by atoms with Crippen LogP contribution in [0.15, 0.2) is 18.2 Å². The number of nitrogens with zero attached hydrogens (tertiary/aromatic N) is 2. The van der Waals surface area contributed by atoms with Crippen LogP contribution in [0.2, 0.25) is 0 Å². The summed E-state index contributed by atoms with van der Waals surface area (Å²) in [6, 6.07) is 3.14. The van der Waals surface area contributed by atoms with Crippen molar-refractivity contribution in [2.75, 3.05) is 39.3 Å². The molecule has 0 amide bonds. The zero-order valence-corrected chi connectivity index (χ0v) is 14.7. The second-order valence-corrected chi connectivity index (χ2v) is 7.66. The van der Waals surface area contributed by atoms with E-state index in [1.165, 1.54) is 0 Å². The molecule has 1 heterocycles. The second kappa shape index (κ2) is 7.87. The lowest BCUT2D eigenvalue weighted by Crippen LogP contribution is -2.50. The van der Waals surface area contributed by atoms with Crippen molar-refractivity contribution in [1.82, 2.24) is 9.80 Å². The van der Waals surface area contributed by atoms with E-state index >= 15 is 0 Å². The van der Waals surface area contributed by atoms with Gasteiger partial charge in [0.05, 0.1) is 12.2 Å². The number of halogens is 2. The van der Waals surface area contributed by atoms with E-state index in [0.717, 1.165) is 44.4 Å². The van der Waals surface area contributed by atoms with Crippen molar-refractivity contribution in [3.8, 4) is 0 Å². The first-order valence-electron chi connectivity index (χ1n) is 8.42. The van der Waals surface area contributed by atoms with Crippen LogP contribution in [-0.4, -0.2) is 65.4 Å². The molecule has 0 aromatic heterocycles. The Bertz CT molecular complexity index is 540. The van der Waals surface area contributed by atoms with E-state index in [-0.39, 0.29) is 17.5 Å². The maximum absolute atomic E-state index is 13.7. The van der Waals surface area contributed by atoms with Crippen LogP contribution in [0.3, 0.4) is 0 Å². The smallest absolute Gasteiger partial charge is 0.129 e. The van der Waals surface area contributed by atoms with Crippen LogP contribution >= 0.6 is 0 Å². The lowest BCUT2D eigenvalue weighted by atomic mass is 9.89. The van der Waals surface area contributed by atoms with Crippen LogP contribution in [0.4, 0.5) is 8.78 Å². The standard InChI is InChI=1S/C18H28F2N2O2/c1-18(2,3)17(24)12-22-8-6-21(7-9-22)11-16(23)14-10-13(19)4-5-15(14)20/h4-5,10,16-17,23-24H,6-9,11-12H2,1-3H3/t16-,17+/m1/s1. The number of aliphatic hydroxyl groups excluding tert-OH is 2. The first-order valence-corrected chi connectivity index (χ1v) is 8.42. The molecule has 2 N–H and O–H groups in total. The van der Waals surface area contributed by atoms with Crippen LogP contribution in [0.25, 0.3) is 0 Å². The summed E-state index contributed by atoms with van der Waals surface area (Å²) < 4.78 is 26.9. The highest BCUT2D eigenvalue weighted by Crippen LogP contribution is 2.22. The van der Waals surface area contributed by atoms with Gasteiger partial charge in [-0.3, -0.25) is 9.80 Å². The molecule has 6 heteroatoms. The fourth-order valence-electron chi connectivity index (χ4n) is 2.79. The molecule has 2 rings (SSSR count). The zero-order chi connectivity index (χ0) is 17.9. The largest absolute Gasteiger partial charge is 0.391 e. The number of β-amino-alcohol motifs (C(OH)–C–C–N with tert-alkyl or cyclic N) is 2. The van der Waals surface area contributed by atoms with E-state index in [1.807, 2.05) is 25.7 Å². The van der Waals surface area contributed by atoms with E-state index < -0.39 is 23.8 Å². The molecule has 0 bridgehead atoms. The Morgan fingerprint density at radius 1 is 1.00 bits per heavy atom. The first-order chi connectivity index (χ1) is 11.2. The van der Waals surface area contributed by atoms with Crippen LogP contribution < -0.4 is 0 Å². The SMILES string of the molecule is CC(C)(C)[C@@H](O)CN1CCN(C[C@@H](O)c2cc(F)ccc2F)CC1. The number of rotatable bonds is 5. The van der Waals surface area contributed by atoms with E-state index in [4.69, 9.17) is 0 Å². The molecule has 1 saturated heterocycles. The Labute approximate surface area is 142 Å². The van der Waals surface area contributed by atoms with Gasteiger partial charge >= 0.3 is 0 Å². The molecule has 1 fully saturated rings. The fourth-order valence-corrected chi connectivity index (χ4v) is 2.79. The molecule has 136 valence electrons. The fraction of sp³-hybridized carbons (Fsp3) is 0.667. The predicted molar refractivity (Wildman–Crippen MR) is 89.7 cm³/mol. The van der Waals surface area contributed by atoms with Crippen molar-refractivity contribution in [2.45, 2.75) is 33.0 Å². The number of benzene rings is 1. The van der Waals surface area contributed by atoms with E-state index in [2.05, 4.69) is 4.90 Å². The topological polar surface area (TPSA) is 46.9 Å². The molecule has 1 aliphatic heterocycles. The van der Waals surface area contributed by atoms with Crippen molar-refractivity contribution < 1.29 is 19.0 Å². The van der Waals surface area contributed by atoms with E-state index in [0.29, 0.717) is 6.54 Å². The molecule has 0 unspecified atom stereocenters. The third-order valence-corrected chi connectivity index (χ3v) is 4.64. The van der Waals surface area contributed by atoms with Crippen LogP contribution in [0.5, 0.6) is 0 Å². The molecule has 2 atom stereocenters. The number of hydrogen-bond donors (Lipinski definition) is 2. The second-order valence-electron chi connectivity index (χ2n) is 7.66. The highest BCUT2D eigenvalue weighted by molar-refractivity contribution is 5.21. The average Bonchev–Trinajstić information content (AvgIpc) is 2.50. The molecular weight excluding hydrogens is 314 g/mol. The van der Waals surface area contributed by atoms with Gasteiger partial charge in [-0.1, -0.05) is 20.8 Å². The summed E-state index contributed by atoms with van der Waals surface area (Å²) >= 11 is 0. The summed E-state index contributed by atoms with van der Waals surface area (Å²) in [6.07, 6.45) is -1.44. The summed E-state index contributed by atoms with van der Waals surface area (Å²) in [5.41, 5.74) is -0.150. The number of hydrogen-bond acceptors (Lipinski definition) is 4. The van der Waals surface area contributed by atoms with Gasteiger partial charge < -0.3 is 10.2 Å². The minimum atomic E-state index is -1.05. The minimum Gasteiger partial charge on any atom is -0.391 e. The third kappa shape index (κ3) is 5.21. The van der Waals surface area contributed by atoms with Gasteiger partial charge in [-0.05, 0) is 23.6 Å². The summed E-state index contributed by atoms with van der Waals surface area (Å²) in [5.74, 6) is -1.14. The molecule has 0 saturated carbocycles. The third-order valence-electron chi connectivity index (χ3n) is 4.64. The summed E-state index contributed by atoms with van der Waals surface area (Å²) in [4.78, 5) is 4.23. The van der Waals surface area contributed by atoms with Crippen LogP contribution in [-0.2, 0) is 0 Å². The average molecular weight is 342 g/mol. The molecule has 0 spiro atoms. The van der Waals surface area contributed by atoms with Gasteiger partial charge in [-0.25, -0.2) is 8.78 Å². The molecule has 1 aliphatic rings. The van der Waals surface area contributed by atoms with Gasteiger partial charge in [-0.15, -0.1) is 0 Å². The number of aliphatic hydroxyl groups is 2. The van der Waals surface area contributed by atoms with E-state index in [1.54, 1.807) is 0 Å². The maximum atomic E-state index is 13.7. The normalized spacial score (nSPS) is 20.1. The zero-order valence-electron chi connectivity index (χ0n) is 14.7. The summed E-state index contributed by atoms with van der Waals surface area (Å²) in [5, 5.41) is 20.4. The van der Waals surface area contributed by atoms with Crippen LogP contribution in [0.1, 0.15) is 32.4 Å². The molecule has 0 radical (unpaired) electrons. The molecule has 0 aliphatic carbocycles. The number of piperazine rings is 1. The van der Waals surface area contributed by atoms with Gasteiger partial charge in [0.15, 0.2) is 0 Å². The first kappa shape index (κ1) is 19.2. The molecular formula is C18H28F2N2O2. The van der Waals surface area contributed by atoms with Crippen molar-refractivity contribution >= 4 is 0 Å². The quantitative estimate of drug-likeness (QED) is 0.860. The monoisotopic (exact) mass is 342 g/mol. The van der Waals surface area contributed by atoms with Crippen molar-refractivity contribution in [3.63, 3.8) is 0 Å². The van der Waals surface area contributed by atoms with Crippen molar-refractivity contribution in [1.29, 1.82) is 0 Å². The molecule has 24 heavy (non-hydrogen) atoms. The predicted octanol–water partition coefficient (Wildman–Crippen LogP) is 2.02. The molecule has 1 aromatic rings. The highest BCUT2D eigenvalue weighted by atomic mass is 19.1. The summed E-state index contributed by atoms with van der Waals surface area (Å²) in [6.45, 7) is 9.95. The lowest BCUT2D eigenvalue weighted by Gasteiger charge is -2.38. The maximum Gasteiger partial charge on any atom is 0.129 e. The van der Waals surface area contributed by atoms with Crippen LogP contribution in [0, 0.1) is 17.0 Å². The Hall–Kier alpha value is -1.08. The Balaban J connectivity index is 1.83. The minimum absolute atomic E-state index is 0.000541. The summed E-state index contributed by atoms with van der Waals surface area (Å²) in [7, 11) is 0. The Morgan fingerprint density at radius 2 is 1.54 bits per heavy atom. The van der Waals surface area contributed by atoms with Crippen molar-refractivity contribution in [2.24, 2.45) is 5.41 Å². The van der Waals surface area contributed by atoms with Gasteiger partial charge in [0, 0.05) is 44.8 Å². The van der Waals surface area contributed by atoms with Gasteiger partial charge in [0.1, 0.15) is 11.6 Å². The Morgan fingerprint density at radius 3 is 2.08 bits per heavy atom. The van der Waals surface area contributed by atoms with Gasteiger partial charge in [-0.2, -0.15) is 0 Å². The highest BCUT2D eigenvalue weighted by Gasteiger charge is 2.27. The van der Waals surface area contributed by atoms with Crippen molar-refractivity contribution in [3.05, 3.63) is 35.4 Å². The van der Waals surface area contributed by atoms with Gasteiger partial charge in [0.2, 0.25) is 0 Å². The Kier molecular flexibility index (Phi) is 6.31.